The van der Waals surface area contributed by atoms with Gasteiger partial charge >= 0.3 is 5.97 Å². The Kier molecular flexibility index (Phi) is 3.85. The van der Waals surface area contributed by atoms with Crippen LogP contribution in [0.25, 0.3) is 0 Å². The molecule has 0 aromatic heterocycles. The van der Waals surface area contributed by atoms with E-state index in [0.29, 0.717) is 6.04 Å². The van der Waals surface area contributed by atoms with Gasteiger partial charge in [-0.15, -0.1) is 0 Å². The molecular weight excluding hydrogens is 202 g/mol. The fraction of sp³-hybridized carbons (Fsp3) is 0.923. The first-order chi connectivity index (χ1) is 7.68. The zero-order valence-electron chi connectivity index (χ0n) is 10.2. The van der Waals surface area contributed by atoms with E-state index in [2.05, 4.69) is 11.8 Å². The molecule has 1 aliphatic heterocycles. The Labute approximate surface area is 97.8 Å². The van der Waals surface area contributed by atoms with Crippen LogP contribution >= 0.6 is 0 Å². The first-order valence-corrected chi connectivity index (χ1v) is 6.65. The van der Waals surface area contributed by atoms with E-state index in [4.69, 9.17) is 5.11 Å². The first kappa shape index (κ1) is 11.9. The van der Waals surface area contributed by atoms with Crippen LogP contribution in [0.4, 0.5) is 0 Å². The smallest absolute Gasteiger partial charge is 0.306 e. The van der Waals surface area contributed by atoms with Gasteiger partial charge in [0.1, 0.15) is 0 Å². The molecule has 1 aliphatic carbocycles. The number of hydrogen-bond donors (Lipinski definition) is 1. The molecule has 1 saturated heterocycles. The van der Waals surface area contributed by atoms with Crippen molar-refractivity contribution in [3.63, 3.8) is 0 Å². The summed E-state index contributed by atoms with van der Waals surface area (Å²) in [5.74, 6) is 0.168. The molecule has 2 fully saturated rings. The molecule has 1 heterocycles. The molecule has 92 valence electrons. The van der Waals surface area contributed by atoms with E-state index in [-0.39, 0.29) is 5.92 Å². The number of aliphatic carboxylic acids is 1. The third kappa shape index (κ3) is 2.57. The quantitative estimate of drug-likeness (QED) is 0.801. The van der Waals surface area contributed by atoms with Gasteiger partial charge in [-0.25, -0.2) is 0 Å². The number of rotatable bonds is 3. The summed E-state index contributed by atoms with van der Waals surface area (Å²) in [5.41, 5.74) is 0. The van der Waals surface area contributed by atoms with Crippen LogP contribution in [0.5, 0.6) is 0 Å². The maximum atomic E-state index is 10.9. The molecule has 3 nitrogen and oxygen atoms in total. The van der Waals surface area contributed by atoms with Crippen LogP contribution < -0.4 is 0 Å². The Morgan fingerprint density at radius 3 is 2.25 bits per heavy atom. The number of likely N-dealkylation sites (tertiary alicyclic amines) is 1. The van der Waals surface area contributed by atoms with Crippen LogP contribution in [-0.4, -0.2) is 35.1 Å². The molecule has 0 aromatic carbocycles. The molecule has 1 saturated carbocycles. The Bertz CT molecular complexity index is 240. The monoisotopic (exact) mass is 225 g/mol. The maximum Gasteiger partial charge on any atom is 0.306 e. The summed E-state index contributed by atoms with van der Waals surface area (Å²) in [7, 11) is 0. The second kappa shape index (κ2) is 5.17. The molecule has 1 atom stereocenters. The minimum absolute atomic E-state index is 0.0907. The lowest BCUT2D eigenvalue weighted by molar-refractivity contribution is -0.143. The van der Waals surface area contributed by atoms with E-state index in [1.807, 2.05) is 0 Å². The number of piperidine rings is 1. The SMILES string of the molecule is CC(C1CCCC1)N1CCC(C(=O)O)CC1. The predicted octanol–water partition coefficient (Wildman–Crippen LogP) is 2.36. The number of hydrogen-bond acceptors (Lipinski definition) is 2. The summed E-state index contributed by atoms with van der Waals surface area (Å²) in [6.07, 6.45) is 7.21. The topological polar surface area (TPSA) is 40.5 Å². The van der Waals surface area contributed by atoms with Crippen molar-refractivity contribution in [3.8, 4) is 0 Å². The molecule has 0 aromatic rings. The highest BCUT2D eigenvalue weighted by atomic mass is 16.4. The Hall–Kier alpha value is -0.570. The van der Waals surface area contributed by atoms with Gasteiger partial charge in [0.25, 0.3) is 0 Å². The Morgan fingerprint density at radius 2 is 1.75 bits per heavy atom. The van der Waals surface area contributed by atoms with Crippen LogP contribution in [0.3, 0.4) is 0 Å². The number of nitrogens with zero attached hydrogens (tertiary/aromatic N) is 1. The van der Waals surface area contributed by atoms with E-state index < -0.39 is 5.97 Å². The molecule has 0 radical (unpaired) electrons. The van der Waals surface area contributed by atoms with E-state index in [9.17, 15) is 4.79 Å². The van der Waals surface area contributed by atoms with Crippen molar-refractivity contribution < 1.29 is 9.90 Å². The number of carboxylic acids is 1. The fourth-order valence-corrected chi connectivity index (χ4v) is 3.29. The van der Waals surface area contributed by atoms with Crippen molar-refractivity contribution in [2.45, 2.75) is 51.5 Å². The van der Waals surface area contributed by atoms with Gasteiger partial charge in [0.2, 0.25) is 0 Å². The molecule has 1 N–H and O–H groups in total. The minimum atomic E-state index is -0.604. The summed E-state index contributed by atoms with van der Waals surface area (Å²) in [5, 5.41) is 8.96. The summed E-state index contributed by atoms with van der Waals surface area (Å²) < 4.78 is 0. The van der Waals surface area contributed by atoms with Gasteiger partial charge < -0.3 is 10.0 Å². The zero-order valence-corrected chi connectivity index (χ0v) is 10.2. The summed E-state index contributed by atoms with van der Waals surface area (Å²) >= 11 is 0. The van der Waals surface area contributed by atoms with Crippen LogP contribution in [0, 0.1) is 11.8 Å². The zero-order chi connectivity index (χ0) is 11.5. The van der Waals surface area contributed by atoms with Crippen molar-refractivity contribution in [1.82, 2.24) is 4.90 Å². The average Bonchev–Trinajstić information content (AvgIpc) is 2.81. The lowest BCUT2D eigenvalue weighted by Crippen LogP contribution is -2.44. The van der Waals surface area contributed by atoms with E-state index in [1.54, 1.807) is 0 Å². The second-order valence-electron chi connectivity index (χ2n) is 5.43. The molecule has 2 aliphatic rings. The molecule has 0 spiro atoms. The highest BCUT2D eigenvalue weighted by Crippen LogP contribution is 2.31. The molecule has 1 unspecified atom stereocenters. The predicted molar refractivity (Wildman–Crippen MR) is 63.4 cm³/mol. The van der Waals surface area contributed by atoms with Crippen LogP contribution in [0.2, 0.25) is 0 Å². The average molecular weight is 225 g/mol. The molecular formula is C13H23NO2. The largest absolute Gasteiger partial charge is 0.481 e. The number of carbonyl (C=O) groups is 1. The van der Waals surface area contributed by atoms with Gasteiger partial charge in [-0.1, -0.05) is 12.8 Å². The van der Waals surface area contributed by atoms with E-state index in [1.165, 1.54) is 25.7 Å². The normalized spacial score (nSPS) is 27.1. The van der Waals surface area contributed by atoms with Gasteiger partial charge in [-0.3, -0.25) is 4.79 Å². The first-order valence-electron chi connectivity index (χ1n) is 6.65. The van der Waals surface area contributed by atoms with Gasteiger partial charge in [-0.05, 0) is 51.6 Å². The molecule has 2 rings (SSSR count). The third-order valence-corrected chi connectivity index (χ3v) is 4.54. The highest BCUT2D eigenvalue weighted by molar-refractivity contribution is 5.70. The Balaban J connectivity index is 1.81. The fourth-order valence-electron chi connectivity index (χ4n) is 3.29. The van der Waals surface area contributed by atoms with Gasteiger partial charge in [0.05, 0.1) is 5.92 Å². The number of carboxylic acid groups (broad SMARTS) is 1. The third-order valence-electron chi connectivity index (χ3n) is 4.54. The minimum Gasteiger partial charge on any atom is -0.481 e. The van der Waals surface area contributed by atoms with Crippen LogP contribution in [0.1, 0.15) is 45.4 Å². The van der Waals surface area contributed by atoms with Crippen LogP contribution in [0.15, 0.2) is 0 Å². The van der Waals surface area contributed by atoms with Crippen molar-refractivity contribution in [2.24, 2.45) is 11.8 Å². The molecule has 0 bridgehead atoms. The van der Waals surface area contributed by atoms with Gasteiger partial charge in [-0.2, -0.15) is 0 Å². The maximum absolute atomic E-state index is 10.9. The van der Waals surface area contributed by atoms with Gasteiger partial charge in [0.15, 0.2) is 0 Å². The molecule has 3 heteroatoms. The molecule has 0 amide bonds. The summed E-state index contributed by atoms with van der Waals surface area (Å²) in [4.78, 5) is 13.4. The molecule has 16 heavy (non-hydrogen) atoms. The Morgan fingerprint density at radius 1 is 1.19 bits per heavy atom. The highest BCUT2D eigenvalue weighted by Gasteiger charge is 2.31. The lowest BCUT2D eigenvalue weighted by Gasteiger charge is -2.37. The van der Waals surface area contributed by atoms with E-state index in [0.717, 1.165) is 31.8 Å². The van der Waals surface area contributed by atoms with Crippen molar-refractivity contribution in [3.05, 3.63) is 0 Å². The van der Waals surface area contributed by atoms with Crippen molar-refractivity contribution in [2.75, 3.05) is 13.1 Å². The van der Waals surface area contributed by atoms with Gasteiger partial charge in [0, 0.05) is 6.04 Å². The van der Waals surface area contributed by atoms with E-state index >= 15 is 0 Å². The van der Waals surface area contributed by atoms with Crippen LogP contribution in [-0.2, 0) is 4.79 Å². The summed E-state index contributed by atoms with van der Waals surface area (Å²) in [6.45, 7) is 4.29. The van der Waals surface area contributed by atoms with Crippen molar-refractivity contribution in [1.29, 1.82) is 0 Å². The summed E-state index contributed by atoms with van der Waals surface area (Å²) in [6, 6.07) is 0.664. The second-order valence-corrected chi connectivity index (χ2v) is 5.43. The lowest BCUT2D eigenvalue weighted by atomic mass is 9.92. The standard InChI is InChI=1S/C13H23NO2/c1-10(11-4-2-3-5-11)14-8-6-12(7-9-14)13(15)16/h10-12H,2-9H2,1H3,(H,15,16). The van der Waals surface area contributed by atoms with Crippen molar-refractivity contribution >= 4 is 5.97 Å².